The molecule has 96 heavy (non-hydrogen) atoms. The Bertz CT molecular complexity index is 4200. The minimum Gasteiger partial charge on any atom is -0.369 e. The van der Waals surface area contributed by atoms with Gasteiger partial charge in [0, 0.05) is 22.3 Å². The van der Waals surface area contributed by atoms with Gasteiger partial charge >= 0.3 is 24.7 Å². The van der Waals surface area contributed by atoms with Gasteiger partial charge in [0.05, 0.1) is 22.3 Å². The molecule has 2 nitrogen and oxygen atoms in total. The zero-order valence-corrected chi connectivity index (χ0v) is 57.1. The molecule has 11 rings (SSSR count). The minimum absolute atomic E-state index is 0.0119. The second kappa shape index (κ2) is 24.4. The van der Waals surface area contributed by atoms with Crippen LogP contribution in [-0.2, 0) is 35.9 Å². The first-order chi connectivity index (χ1) is 44.8. The van der Waals surface area contributed by atoms with Crippen LogP contribution in [0.25, 0.3) is 87.6 Å². The lowest BCUT2D eigenvalue weighted by Crippen LogP contribution is -2.46. The predicted octanol–water partition coefficient (Wildman–Crippen LogP) is 24.3. The summed E-state index contributed by atoms with van der Waals surface area (Å²) in [5, 5.41) is 33.2. The summed E-state index contributed by atoms with van der Waals surface area (Å²) >= 11 is 0. The zero-order chi connectivity index (χ0) is 69.9. The van der Waals surface area contributed by atoms with Gasteiger partial charge in [0.15, 0.2) is 11.2 Å². The van der Waals surface area contributed by atoms with E-state index in [0.717, 1.165) is 48.5 Å². The molecule has 0 spiro atoms. The molecule has 1 aliphatic rings. The lowest BCUT2D eigenvalue weighted by atomic mass is 9.66. The molecule has 10 aromatic rings. The Balaban J connectivity index is 1.43. The summed E-state index contributed by atoms with van der Waals surface area (Å²) in [7, 11) is -5.91. The molecule has 0 saturated heterocycles. The Kier molecular flexibility index (Phi) is 17.6. The number of fused-ring (bicyclic) bond motifs is 6. The molecule has 16 heteroatoms. The van der Waals surface area contributed by atoms with E-state index < -0.39 is 74.3 Å². The van der Waals surface area contributed by atoms with Gasteiger partial charge < -0.3 is 10.2 Å². The van der Waals surface area contributed by atoms with Crippen LogP contribution in [0.1, 0.15) is 128 Å². The summed E-state index contributed by atoms with van der Waals surface area (Å²) in [6, 6.07) is 38.9. The van der Waals surface area contributed by atoms with E-state index in [2.05, 4.69) is 106 Å². The molecule has 2 N–H and O–H groups in total. The van der Waals surface area contributed by atoms with Gasteiger partial charge in [-0.05, 0) is 194 Å². The van der Waals surface area contributed by atoms with E-state index in [4.69, 9.17) is 0 Å². The number of halogens is 12. The van der Waals surface area contributed by atoms with Gasteiger partial charge in [-0.1, -0.05) is 192 Å². The van der Waals surface area contributed by atoms with Crippen molar-refractivity contribution in [2.45, 2.75) is 152 Å². The van der Waals surface area contributed by atoms with E-state index in [-0.39, 0.29) is 55.5 Å². The van der Waals surface area contributed by atoms with Crippen LogP contribution in [0.5, 0.6) is 0 Å². The van der Waals surface area contributed by atoms with Crippen molar-refractivity contribution in [3.05, 3.63) is 214 Å². The molecular weight excluding hydrogens is 1280 g/mol. The Morgan fingerprint density at radius 2 is 0.458 bits per heavy atom. The highest BCUT2D eigenvalue weighted by Gasteiger charge is 2.52. The normalized spacial score (nSPS) is 16.5. The lowest BCUT2D eigenvalue weighted by molar-refractivity contribution is -0.138. The topological polar surface area (TPSA) is 40.5 Å². The number of benzene rings is 10. The van der Waals surface area contributed by atoms with Crippen LogP contribution in [0.15, 0.2) is 170 Å². The van der Waals surface area contributed by atoms with Crippen LogP contribution >= 0.6 is 0 Å². The van der Waals surface area contributed by atoms with Crippen molar-refractivity contribution in [1.29, 1.82) is 0 Å². The molecule has 496 valence electrons. The van der Waals surface area contributed by atoms with Gasteiger partial charge in [-0.25, -0.2) is 0 Å². The first kappa shape index (κ1) is 69.2. The van der Waals surface area contributed by atoms with E-state index in [1.54, 1.807) is 72.8 Å². The fraction of sp³-hybridized carbons (Fsp3) is 0.300. The van der Waals surface area contributed by atoms with E-state index in [1.807, 2.05) is 0 Å². The predicted molar refractivity (Wildman–Crippen MR) is 368 cm³/mol. The number of alkyl halides is 12. The average Bonchev–Trinajstić information content (AvgIpc) is 0.682. The molecule has 0 amide bonds. The van der Waals surface area contributed by atoms with Crippen LogP contribution in [-0.4, -0.2) is 26.4 Å². The van der Waals surface area contributed by atoms with Gasteiger partial charge in [0.2, 0.25) is 0 Å². The second-order valence-corrected chi connectivity index (χ2v) is 38.7. The number of hydrogen-bond donors (Lipinski definition) is 2. The Hall–Kier alpha value is -8.13. The molecule has 0 bridgehead atoms. The summed E-state index contributed by atoms with van der Waals surface area (Å²) in [6.07, 6.45) is -18.9. The van der Waals surface area contributed by atoms with Crippen LogP contribution < -0.4 is 0 Å². The van der Waals surface area contributed by atoms with E-state index in [9.17, 15) is 52.7 Å². The van der Waals surface area contributed by atoms with Crippen molar-refractivity contribution in [3.63, 3.8) is 0 Å². The molecular formula is C80H72F12O2Si2. The SMILES string of the molecule is CC(C)[Si](C#CC1(O)c2cc3c(-c4ccc(C(F)(F)F)cc4)c4ccccc4c(-c4ccc(C(F)(F)F)cc4)c3cc2C(O)(C#C[Si](C(C)C)(C(C)C)C(C)C)c2cc3c(-c4ccc(C(F)(F)F)cc4)c4ccccc4c(-c4ccc(C(F)(F)F)cc4)c3cc21)(C(C)C)C(C)C. The molecule has 0 heterocycles. The largest absolute Gasteiger partial charge is 0.416 e. The molecule has 0 radical (unpaired) electrons. The highest BCUT2D eigenvalue weighted by molar-refractivity contribution is 6.91. The maximum atomic E-state index is 15.1. The Labute approximate surface area is 553 Å². The van der Waals surface area contributed by atoms with Crippen molar-refractivity contribution in [3.8, 4) is 67.4 Å². The van der Waals surface area contributed by atoms with E-state index in [0.29, 0.717) is 87.6 Å². The smallest absolute Gasteiger partial charge is 0.369 e. The van der Waals surface area contributed by atoms with Crippen LogP contribution in [0.4, 0.5) is 52.7 Å². The molecule has 0 fully saturated rings. The van der Waals surface area contributed by atoms with E-state index >= 15 is 10.2 Å². The number of aliphatic hydroxyl groups is 2. The quantitative estimate of drug-likeness (QED) is 0.0620. The molecule has 0 atom stereocenters. The van der Waals surface area contributed by atoms with Crippen LogP contribution in [0, 0.1) is 22.9 Å². The standard InChI is InChI=1S/C80H72F12O2Si2/c1-45(2)95(46(3)4,47(5)6)39-37-75(93)67-41-63-65(73(53-25-33-57(34-26-53)79(87,88)89)61-19-15-13-17-59(61)71(63)51-21-29-55(30-22-51)77(81,82)83)43-69(67)76(94,38-40-96(48(7)8,49(9)10)50(11)12)70-44-66-64(42-68(70)75)72(52-23-31-56(32-24-52)78(84,85)86)60-18-14-16-20-62(60)74(66)54-27-35-58(36-28-54)80(90,91)92/h13-36,41-50,93-94H,1-12H3. The molecule has 1 aliphatic carbocycles. The molecule has 0 aliphatic heterocycles. The Morgan fingerprint density at radius 1 is 0.281 bits per heavy atom. The number of rotatable bonds is 10. The fourth-order valence-electron chi connectivity index (χ4n) is 16.0. The third kappa shape index (κ3) is 11.5. The average molecular weight is 1350 g/mol. The van der Waals surface area contributed by atoms with E-state index in [1.165, 1.54) is 48.5 Å². The summed E-state index contributed by atoms with van der Waals surface area (Å²) < 4.78 is 174. The lowest BCUT2D eigenvalue weighted by Gasteiger charge is -2.43. The Morgan fingerprint density at radius 3 is 0.615 bits per heavy atom. The molecule has 0 unspecified atom stereocenters. The van der Waals surface area contributed by atoms with Crippen molar-refractivity contribution in [2.24, 2.45) is 0 Å². The summed E-state index contributed by atoms with van der Waals surface area (Å²) in [4.78, 5) is 0. The molecule has 10 aromatic carbocycles. The van der Waals surface area contributed by atoms with Crippen molar-refractivity contribution >= 4 is 59.2 Å². The highest BCUT2D eigenvalue weighted by atomic mass is 28.3. The third-order valence-electron chi connectivity index (χ3n) is 20.5. The second-order valence-electron chi connectivity index (χ2n) is 27.5. The highest BCUT2D eigenvalue weighted by Crippen LogP contribution is 2.57. The van der Waals surface area contributed by atoms with Gasteiger partial charge in [-0.3, -0.25) is 0 Å². The van der Waals surface area contributed by atoms with Crippen molar-refractivity contribution in [2.75, 3.05) is 0 Å². The summed E-state index contributed by atoms with van der Waals surface area (Å²) in [5.74, 6) is 7.03. The molecule has 0 saturated carbocycles. The van der Waals surface area contributed by atoms with Crippen LogP contribution in [0.3, 0.4) is 0 Å². The summed E-state index contributed by atoms with van der Waals surface area (Å²) in [6.45, 7) is 25.1. The van der Waals surface area contributed by atoms with Gasteiger partial charge in [-0.2, -0.15) is 52.7 Å². The van der Waals surface area contributed by atoms with Crippen LogP contribution in [0.2, 0.25) is 33.2 Å². The van der Waals surface area contributed by atoms with Crippen molar-refractivity contribution in [1.82, 2.24) is 0 Å². The summed E-state index contributed by atoms with van der Waals surface area (Å²) in [5.41, 5.74) is 1.37. The fourth-order valence-corrected chi connectivity index (χ4v) is 26.5. The monoisotopic (exact) mass is 1350 g/mol. The minimum atomic E-state index is -4.73. The van der Waals surface area contributed by atoms with Gasteiger partial charge in [-0.15, -0.1) is 11.1 Å². The number of hydrogen-bond acceptors (Lipinski definition) is 2. The van der Waals surface area contributed by atoms with Gasteiger partial charge in [0.1, 0.15) is 16.1 Å². The van der Waals surface area contributed by atoms with Crippen molar-refractivity contribution < 1.29 is 62.9 Å². The first-order valence-corrected chi connectivity index (χ1v) is 36.6. The maximum Gasteiger partial charge on any atom is 0.416 e. The third-order valence-corrected chi connectivity index (χ3v) is 33.1. The van der Waals surface area contributed by atoms with Gasteiger partial charge in [0.25, 0.3) is 0 Å². The zero-order valence-electron chi connectivity index (χ0n) is 55.1. The maximum absolute atomic E-state index is 15.1. The molecule has 0 aromatic heterocycles. The first-order valence-electron chi connectivity index (χ1n) is 32.1.